The molecule has 0 aliphatic rings. The van der Waals surface area contributed by atoms with Crippen LogP contribution in [0.2, 0.25) is 5.02 Å². The van der Waals surface area contributed by atoms with Gasteiger partial charge in [0, 0.05) is 17.3 Å². The average molecular weight is 331 g/mol. The highest BCUT2D eigenvalue weighted by Gasteiger charge is 2.12. The number of hydrogen-bond acceptors (Lipinski definition) is 2. The molecule has 4 nitrogen and oxygen atoms in total. The van der Waals surface area contributed by atoms with E-state index in [0.717, 1.165) is 19.3 Å². The molecule has 2 aromatic carbocycles. The van der Waals surface area contributed by atoms with Crippen LogP contribution in [0, 0.1) is 0 Å². The van der Waals surface area contributed by atoms with E-state index in [9.17, 15) is 9.59 Å². The lowest BCUT2D eigenvalue weighted by molar-refractivity contribution is -0.136. The summed E-state index contributed by atoms with van der Waals surface area (Å²) in [6, 6.07) is 16.8. The molecule has 0 saturated heterocycles. The Morgan fingerprint density at radius 1 is 0.913 bits per heavy atom. The van der Waals surface area contributed by atoms with Crippen LogP contribution in [0.5, 0.6) is 0 Å². The molecule has 0 aliphatic heterocycles. The number of rotatable bonds is 6. The summed E-state index contributed by atoms with van der Waals surface area (Å²) in [5.41, 5.74) is 1.78. The van der Waals surface area contributed by atoms with Gasteiger partial charge in [-0.15, -0.1) is 0 Å². The molecule has 23 heavy (non-hydrogen) atoms. The van der Waals surface area contributed by atoms with E-state index in [1.807, 2.05) is 18.2 Å². The monoisotopic (exact) mass is 330 g/mol. The molecule has 0 saturated carbocycles. The highest BCUT2D eigenvalue weighted by molar-refractivity contribution is 6.39. The molecule has 0 spiro atoms. The van der Waals surface area contributed by atoms with Crippen molar-refractivity contribution < 1.29 is 9.59 Å². The number of amides is 2. The quantitative estimate of drug-likeness (QED) is 0.630. The molecule has 2 amide bonds. The molecule has 120 valence electrons. The highest BCUT2D eigenvalue weighted by atomic mass is 35.5. The Hall–Kier alpha value is -2.33. The van der Waals surface area contributed by atoms with Crippen LogP contribution in [-0.4, -0.2) is 18.4 Å². The molecule has 0 aliphatic carbocycles. The molecule has 2 rings (SSSR count). The van der Waals surface area contributed by atoms with E-state index < -0.39 is 11.8 Å². The van der Waals surface area contributed by atoms with Gasteiger partial charge in [-0.05, 0) is 43.0 Å². The Balaban J connectivity index is 1.65. The van der Waals surface area contributed by atoms with Crippen LogP contribution in [0.1, 0.15) is 18.4 Å². The Morgan fingerprint density at radius 2 is 1.70 bits per heavy atom. The molecular weight excluding hydrogens is 312 g/mol. The van der Waals surface area contributed by atoms with E-state index in [2.05, 4.69) is 22.8 Å². The zero-order chi connectivity index (χ0) is 16.5. The number of halogens is 1. The smallest absolute Gasteiger partial charge is 0.313 e. The predicted octanol–water partition coefficient (Wildman–Crippen LogP) is 3.42. The van der Waals surface area contributed by atoms with Gasteiger partial charge >= 0.3 is 11.8 Å². The summed E-state index contributed by atoms with van der Waals surface area (Å²) in [7, 11) is 0. The minimum Gasteiger partial charge on any atom is -0.348 e. The van der Waals surface area contributed by atoms with Gasteiger partial charge in [-0.25, -0.2) is 0 Å². The van der Waals surface area contributed by atoms with E-state index in [1.165, 1.54) is 5.56 Å². The first-order chi connectivity index (χ1) is 11.1. The number of benzene rings is 2. The van der Waals surface area contributed by atoms with Crippen molar-refractivity contribution in [3.8, 4) is 0 Å². The average Bonchev–Trinajstić information content (AvgIpc) is 2.55. The van der Waals surface area contributed by atoms with E-state index >= 15 is 0 Å². The van der Waals surface area contributed by atoms with E-state index in [-0.39, 0.29) is 0 Å². The second-order valence-electron chi connectivity index (χ2n) is 5.16. The summed E-state index contributed by atoms with van der Waals surface area (Å²) < 4.78 is 0. The predicted molar refractivity (Wildman–Crippen MR) is 92.5 cm³/mol. The second-order valence-corrected chi connectivity index (χ2v) is 5.60. The fourth-order valence-electron chi connectivity index (χ4n) is 2.14. The van der Waals surface area contributed by atoms with Crippen molar-refractivity contribution in [1.82, 2.24) is 5.32 Å². The van der Waals surface area contributed by atoms with Crippen LogP contribution in [-0.2, 0) is 16.0 Å². The Kier molecular flexibility index (Phi) is 6.63. The number of carbonyl (C=O) groups is 2. The third kappa shape index (κ3) is 6.12. The highest BCUT2D eigenvalue weighted by Crippen LogP contribution is 2.14. The van der Waals surface area contributed by atoms with Gasteiger partial charge in [0.1, 0.15) is 0 Å². The van der Waals surface area contributed by atoms with Crippen molar-refractivity contribution in [3.63, 3.8) is 0 Å². The number of unbranched alkanes of at least 4 members (excludes halogenated alkanes) is 1. The third-order valence-corrected chi connectivity index (χ3v) is 3.54. The molecule has 0 heterocycles. The van der Waals surface area contributed by atoms with E-state index in [1.54, 1.807) is 24.3 Å². The number of carbonyl (C=O) groups excluding carboxylic acids is 2. The Bertz CT molecular complexity index is 659. The van der Waals surface area contributed by atoms with Crippen molar-refractivity contribution in [2.45, 2.75) is 19.3 Å². The van der Waals surface area contributed by atoms with Gasteiger partial charge < -0.3 is 10.6 Å². The lowest BCUT2D eigenvalue weighted by Gasteiger charge is -2.07. The van der Waals surface area contributed by atoms with Gasteiger partial charge in [0.15, 0.2) is 0 Å². The first-order valence-electron chi connectivity index (χ1n) is 7.54. The minimum atomic E-state index is -0.685. The lowest BCUT2D eigenvalue weighted by atomic mass is 10.1. The molecule has 0 unspecified atom stereocenters. The summed E-state index contributed by atoms with van der Waals surface area (Å²) in [5, 5.41) is 5.64. The molecule has 0 atom stereocenters. The van der Waals surface area contributed by atoms with Crippen molar-refractivity contribution >= 4 is 29.1 Å². The maximum Gasteiger partial charge on any atom is 0.313 e. The third-order valence-electron chi connectivity index (χ3n) is 3.31. The topological polar surface area (TPSA) is 58.2 Å². The van der Waals surface area contributed by atoms with Crippen LogP contribution in [0.25, 0.3) is 0 Å². The van der Waals surface area contributed by atoms with E-state index in [0.29, 0.717) is 17.3 Å². The molecule has 5 heteroatoms. The zero-order valence-electron chi connectivity index (χ0n) is 12.7. The Labute approximate surface area is 140 Å². The standard InChI is InChI=1S/C18H19ClN2O2/c19-15-10-6-11-16(13-15)21-18(23)17(22)20-12-5-4-9-14-7-2-1-3-8-14/h1-3,6-8,10-11,13H,4-5,9,12H2,(H,20,22)(H,21,23). The fourth-order valence-corrected chi connectivity index (χ4v) is 2.33. The summed E-state index contributed by atoms with van der Waals surface area (Å²) in [6.07, 6.45) is 2.75. The van der Waals surface area contributed by atoms with Crippen LogP contribution in [0.4, 0.5) is 5.69 Å². The van der Waals surface area contributed by atoms with Crippen LogP contribution >= 0.6 is 11.6 Å². The van der Waals surface area contributed by atoms with Gasteiger partial charge in [0.05, 0.1) is 0 Å². The summed E-state index contributed by atoms with van der Waals surface area (Å²) in [4.78, 5) is 23.5. The molecule has 0 aromatic heterocycles. The van der Waals surface area contributed by atoms with Crippen molar-refractivity contribution in [1.29, 1.82) is 0 Å². The van der Waals surface area contributed by atoms with Crippen LogP contribution < -0.4 is 10.6 Å². The van der Waals surface area contributed by atoms with Gasteiger partial charge in [0.25, 0.3) is 0 Å². The SMILES string of the molecule is O=C(NCCCCc1ccccc1)C(=O)Nc1cccc(Cl)c1. The number of nitrogens with one attached hydrogen (secondary N) is 2. The van der Waals surface area contributed by atoms with Gasteiger partial charge in [-0.2, -0.15) is 0 Å². The maximum absolute atomic E-state index is 11.7. The van der Waals surface area contributed by atoms with Crippen molar-refractivity contribution in [3.05, 3.63) is 65.2 Å². The van der Waals surface area contributed by atoms with Gasteiger partial charge in [-0.1, -0.05) is 48.0 Å². The molecule has 2 aromatic rings. The van der Waals surface area contributed by atoms with E-state index in [4.69, 9.17) is 11.6 Å². The molecular formula is C18H19ClN2O2. The number of hydrogen-bond donors (Lipinski definition) is 2. The van der Waals surface area contributed by atoms with Crippen LogP contribution in [0.3, 0.4) is 0 Å². The minimum absolute atomic E-state index is 0.481. The summed E-state index contributed by atoms with van der Waals surface area (Å²) in [5.74, 6) is -1.32. The summed E-state index contributed by atoms with van der Waals surface area (Å²) in [6.45, 7) is 0.481. The van der Waals surface area contributed by atoms with Gasteiger partial charge in [0.2, 0.25) is 0 Å². The normalized spacial score (nSPS) is 10.1. The van der Waals surface area contributed by atoms with Crippen molar-refractivity contribution in [2.75, 3.05) is 11.9 Å². The molecule has 0 fully saturated rings. The first kappa shape index (κ1) is 17.0. The lowest BCUT2D eigenvalue weighted by Crippen LogP contribution is -2.35. The van der Waals surface area contributed by atoms with Crippen LogP contribution in [0.15, 0.2) is 54.6 Å². The van der Waals surface area contributed by atoms with Crippen molar-refractivity contribution in [2.24, 2.45) is 0 Å². The zero-order valence-corrected chi connectivity index (χ0v) is 13.5. The second kappa shape index (κ2) is 8.96. The maximum atomic E-state index is 11.7. The molecule has 0 radical (unpaired) electrons. The molecule has 0 bridgehead atoms. The fraction of sp³-hybridized carbons (Fsp3) is 0.222. The summed E-state index contributed by atoms with van der Waals surface area (Å²) >= 11 is 5.82. The van der Waals surface area contributed by atoms with Gasteiger partial charge in [-0.3, -0.25) is 9.59 Å². The number of anilines is 1. The first-order valence-corrected chi connectivity index (χ1v) is 7.91. The number of aryl methyl sites for hydroxylation is 1. The largest absolute Gasteiger partial charge is 0.348 e. The molecule has 2 N–H and O–H groups in total. The Morgan fingerprint density at radius 3 is 2.43 bits per heavy atom.